The Morgan fingerprint density at radius 1 is 1.33 bits per heavy atom. The van der Waals surface area contributed by atoms with Gasteiger partial charge in [-0.3, -0.25) is 14.9 Å². The van der Waals surface area contributed by atoms with Crippen LogP contribution in [-0.4, -0.2) is 59.5 Å². The van der Waals surface area contributed by atoms with Crippen molar-refractivity contribution in [1.29, 1.82) is 0 Å². The van der Waals surface area contributed by atoms with E-state index >= 15 is 0 Å². The van der Waals surface area contributed by atoms with Gasteiger partial charge in [-0.2, -0.15) is 8.78 Å². The number of nitro groups is 1. The number of piperazine rings is 1. The quantitative estimate of drug-likeness (QED) is 0.620. The third-order valence-electron chi connectivity index (χ3n) is 3.96. The Labute approximate surface area is 137 Å². The molecular weight excluding hydrogens is 324 g/mol. The number of ether oxygens (including phenoxy) is 1. The third kappa shape index (κ3) is 3.78. The number of carbonyl (C=O) groups excluding carboxylic acids is 1. The highest BCUT2D eigenvalue weighted by Gasteiger charge is 2.34. The average molecular weight is 343 g/mol. The van der Waals surface area contributed by atoms with Crippen LogP contribution in [0.5, 0.6) is 5.75 Å². The second-order valence-corrected chi connectivity index (χ2v) is 5.95. The number of rotatable bonds is 4. The molecule has 0 saturated carbocycles. The molecule has 1 aromatic rings. The van der Waals surface area contributed by atoms with E-state index < -0.39 is 17.4 Å². The maximum absolute atomic E-state index is 12.9. The van der Waals surface area contributed by atoms with Crippen molar-refractivity contribution in [3.8, 4) is 5.75 Å². The number of amides is 1. The van der Waals surface area contributed by atoms with Crippen molar-refractivity contribution in [2.24, 2.45) is 0 Å². The Balaban J connectivity index is 2.42. The first-order valence-electron chi connectivity index (χ1n) is 7.45. The van der Waals surface area contributed by atoms with Crippen LogP contribution in [0.3, 0.4) is 0 Å². The van der Waals surface area contributed by atoms with Gasteiger partial charge in [0, 0.05) is 37.3 Å². The smallest absolute Gasteiger partial charge is 0.387 e. The fourth-order valence-electron chi connectivity index (χ4n) is 3.12. The second kappa shape index (κ2) is 7.08. The zero-order chi connectivity index (χ0) is 18.0. The number of halogens is 2. The number of non-ortho nitro benzene ring substituents is 1. The van der Waals surface area contributed by atoms with Crippen molar-refractivity contribution in [3.63, 3.8) is 0 Å². The van der Waals surface area contributed by atoms with Crippen LogP contribution in [0.15, 0.2) is 18.2 Å². The molecule has 7 nitrogen and oxygen atoms in total. The first kappa shape index (κ1) is 18.1. The van der Waals surface area contributed by atoms with Crippen LogP contribution in [0.1, 0.15) is 24.2 Å². The summed E-state index contributed by atoms with van der Waals surface area (Å²) in [6.45, 7) is 1.80. The SMILES string of the molecule is CC1CN(C)CC(C)N1C(=O)c1cc([N+](=O)[O-])ccc1OC(F)F. The standard InChI is InChI=1S/C15H19F2N3O4/c1-9-7-18(3)8-10(2)19(9)14(21)12-6-11(20(22)23)4-5-13(12)24-15(16)17/h4-6,9-10,15H,7-8H2,1-3H3. The van der Waals surface area contributed by atoms with Crippen LogP contribution in [0.4, 0.5) is 14.5 Å². The molecule has 1 aromatic carbocycles. The van der Waals surface area contributed by atoms with Gasteiger partial charge in [0.05, 0.1) is 10.5 Å². The van der Waals surface area contributed by atoms with E-state index in [4.69, 9.17) is 0 Å². The summed E-state index contributed by atoms with van der Waals surface area (Å²) in [5, 5.41) is 10.9. The minimum Gasteiger partial charge on any atom is -0.434 e. The molecule has 9 heteroatoms. The monoisotopic (exact) mass is 343 g/mol. The van der Waals surface area contributed by atoms with Crippen LogP contribution in [0, 0.1) is 10.1 Å². The van der Waals surface area contributed by atoms with E-state index in [0.717, 1.165) is 18.2 Å². The van der Waals surface area contributed by atoms with Crippen LogP contribution in [-0.2, 0) is 0 Å². The predicted molar refractivity (Wildman–Crippen MR) is 82.3 cm³/mol. The Bertz CT molecular complexity index is 629. The van der Waals surface area contributed by atoms with Crippen molar-refractivity contribution in [2.75, 3.05) is 20.1 Å². The summed E-state index contributed by atoms with van der Waals surface area (Å²) in [6, 6.07) is 2.72. The molecule has 0 bridgehead atoms. The normalized spacial score (nSPS) is 21.8. The molecule has 1 aliphatic heterocycles. The van der Waals surface area contributed by atoms with Gasteiger partial charge in [0.1, 0.15) is 5.75 Å². The Morgan fingerprint density at radius 2 is 1.92 bits per heavy atom. The molecule has 0 spiro atoms. The van der Waals surface area contributed by atoms with Crippen LogP contribution in [0.2, 0.25) is 0 Å². The molecule has 1 amide bonds. The zero-order valence-electron chi connectivity index (χ0n) is 13.6. The van der Waals surface area contributed by atoms with Gasteiger partial charge in [-0.05, 0) is 27.0 Å². The first-order valence-corrected chi connectivity index (χ1v) is 7.45. The molecule has 1 saturated heterocycles. The van der Waals surface area contributed by atoms with Crippen molar-refractivity contribution in [2.45, 2.75) is 32.5 Å². The molecule has 1 fully saturated rings. The van der Waals surface area contributed by atoms with E-state index in [0.29, 0.717) is 13.1 Å². The van der Waals surface area contributed by atoms with Gasteiger partial charge in [0.2, 0.25) is 0 Å². The van der Waals surface area contributed by atoms with Gasteiger partial charge >= 0.3 is 6.61 Å². The van der Waals surface area contributed by atoms with Crippen molar-refractivity contribution < 1.29 is 23.2 Å². The van der Waals surface area contributed by atoms with Crippen molar-refractivity contribution >= 4 is 11.6 Å². The number of alkyl halides is 2. The lowest BCUT2D eigenvalue weighted by atomic mass is 10.0. The number of hydrogen-bond donors (Lipinski definition) is 0. The Hall–Kier alpha value is -2.29. The summed E-state index contributed by atoms with van der Waals surface area (Å²) in [6.07, 6.45) is 0. The molecule has 0 radical (unpaired) electrons. The van der Waals surface area contributed by atoms with Gasteiger partial charge in [-0.25, -0.2) is 0 Å². The minimum absolute atomic E-state index is 0.162. The lowest BCUT2D eigenvalue weighted by molar-refractivity contribution is -0.384. The molecular formula is C15H19F2N3O4. The highest BCUT2D eigenvalue weighted by molar-refractivity contribution is 5.98. The van der Waals surface area contributed by atoms with E-state index in [9.17, 15) is 23.7 Å². The third-order valence-corrected chi connectivity index (χ3v) is 3.96. The first-order chi connectivity index (χ1) is 11.2. The lowest BCUT2D eigenvalue weighted by Crippen LogP contribution is -2.57. The highest BCUT2D eigenvalue weighted by atomic mass is 19.3. The predicted octanol–water partition coefficient (Wildman–Crippen LogP) is 2.36. The van der Waals surface area contributed by atoms with Gasteiger partial charge in [0.25, 0.3) is 11.6 Å². The van der Waals surface area contributed by atoms with Gasteiger partial charge in [-0.15, -0.1) is 0 Å². The van der Waals surface area contributed by atoms with E-state index in [1.165, 1.54) is 0 Å². The maximum atomic E-state index is 12.9. The summed E-state index contributed by atoms with van der Waals surface area (Å²) < 4.78 is 29.5. The van der Waals surface area contributed by atoms with Gasteiger partial charge in [-0.1, -0.05) is 0 Å². The van der Waals surface area contributed by atoms with Crippen LogP contribution < -0.4 is 4.74 Å². The lowest BCUT2D eigenvalue weighted by Gasteiger charge is -2.43. The largest absolute Gasteiger partial charge is 0.434 e. The summed E-state index contributed by atoms with van der Waals surface area (Å²) in [7, 11) is 1.92. The average Bonchev–Trinajstić information content (AvgIpc) is 2.45. The minimum atomic E-state index is -3.12. The number of carbonyl (C=O) groups is 1. The maximum Gasteiger partial charge on any atom is 0.387 e. The number of nitrogens with zero attached hydrogens (tertiary/aromatic N) is 3. The van der Waals surface area contributed by atoms with Gasteiger partial charge in [0.15, 0.2) is 0 Å². The van der Waals surface area contributed by atoms with E-state index in [1.807, 2.05) is 20.9 Å². The molecule has 1 aliphatic rings. The molecule has 1 heterocycles. The van der Waals surface area contributed by atoms with E-state index in [2.05, 4.69) is 9.64 Å². The molecule has 2 unspecified atom stereocenters. The highest BCUT2D eigenvalue weighted by Crippen LogP contribution is 2.29. The fraction of sp³-hybridized carbons (Fsp3) is 0.533. The second-order valence-electron chi connectivity index (χ2n) is 5.95. The summed E-state index contributed by atoms with van der Waals surface area (Å²) in [5.74, 6) is -0.915. The Morgan fingerprint density at radius 3 is 2.42 bits per heavy atom. The summed E-state index contributed by atoms with van der Waals surface area (Å²) in [5.41, 5.74) is -0.581. The van der Waals surface area contributed by atoms with Crippen molar-refractivity contribution in [3.05, 3.63) is 33.9 Å². The van der Waals surface area contributed by atoms with E-state index in [1.54, 1.807) is 4.90 Å². The summed E-state index contributed by atoms with van der Waals surface area (Å²) >= 11 is 0. The summed E-state index contributed by atoms with van der Waals surface area (Å²) in [4.78, 5) is 26.7. The van der Waals surface area contributed by atoms with E-state index in [-0.39, 0.29) is 29.1 Å². The molecule has 2 atom stereocenters. The molecule has 24 heavy (non-hydrogen) atoms. The molecule has 0 N–H and O–H groups in total. The molecule has 2 rings (SSSR count). The zero-order valence-corrected chi connectivity index (χ0v) is 13.6. The molecule has 0 aliphatic carbocycles. The fourth-order valence-corrected chi connectivity index (χ4v) is 3.12. The number of benzene rings is 1. The number of hydrogen-bond acceptors (Lipinski definition) is 5. The number of likely N-dealkylation sites (N-methyl/N-ethyl adjacent to an activating group) is 1. The Kier molecular flexibility index (Phi) is 5.33. The topological polar surface area (TPSA) is 75.9 Å². The molecule has 132 valence electrons. The van der Waals surface area contributed by atoms with Crippen LogP contribution >= 0.6 is 0 Å². The number of nitro benzene ring substituents is 1. The molecule has 0 aromatic heterocycles. The van der Waals surface area contributed by atoms with Gasteiger partial charge < -0.3 is 14.5 Å². The van der Waals surface area contributed by atoms with Crippen LogP contribution in [0.25, 0.3) is 0 Å². The van der Waals surface area contributed by atoms with Crippen molar-refractivity contribution in [1.82, 2.24) is 9.80 Å².